The van der Waals surface area contributed by atoms with Gasteiger partial charge in [0.05, 0.1) is 48.2 Å². The normalized spacial score (nSPS) is 11.4. The Kier molecular flexibility index (Phi) is 12.1. The standard InChI is InChI=1S/C20H24F2IN4O9P/c1-2-3-4-5-15(28)26(12-35-20(29)34-8-6-33-7-9-36-37(30,31)32)19-25-17-14(21)10-13(11-24)16(22)18(17)27(19)23/h10H,2-9,12H2,1H3,(H2,30,31,32). The molecule has 0 fully saturated rings. The summed E-state index contributed by atoms with van der Waals surface area (Å²) in [6, 6.07) is 2.26. The summed E-state index contributed by atoms with van der Waals surface area (Å²) < 4.78 is 59.8. The molecule has 0 spiro atoms. The average molecular weight is 660 g/mol. The van der Waals surface area contributed by atoms with Gasteiger partial charge in [-0.1, -0.05) is 19.8 Å². The average Bonchev–Trinajstić information content (AvgIpc) is 3.18. The maximum Gasteiger partial charge on any atom is 0.510 e. The summed E-state index contributed by atoms with van der Waals surface area (Å²) in [6.07, 6.45) is 0.966. The molecule has 0 bridgehead atoms. The molecule has 13 nitrogen and oxygen atoms in total. The second-order valence-electron chi connectivity index (χ2n) is 7.31. The first-order valence-corrected chi connectivity index (χ1v) is 13.3. The minimum absolute atomic E-state index is 0.0467. The molecular formula is C20H24F2IN4O9P. The fraction of sp³-hybridized carbons (Fsp3) is 0.500. The zero-order chi connectivity index (χ0) is 27.6. The van der Waals surface area contributed by atoms with Crippen molar-refractivity contribution in [3.05, 3.63) is 23.3 Å². The van der Waals surface area contributed by atoms with E-state index < -0.39 is 49.3 Å². The van der Waals surface area contributed by atoms with E-state index in [1.807, 2.05) is 6.92 Å². The largest absolute Gasteiger partial charge is 0.510 e. The molecule has 0 saturated heterocycles. The monoisotopic (exact) mass is 660 g/mol. The van der Waals surface area contributed by atoms with Crippen LogP contribution in [0.5, 0.6) is 0 Å². The molecule has 0 atom stereocenters. The van der Waals surface area contributed by atoms with Gasteiger partial charge in [0, 0.05) is 6.42 Å². The van der Waals surface area contributed by atoms with Gasteiger partial charge in [-0.25, -0.2) is 30.8 Å². The Morgan fingerprint density at radius 3 is 2.57 bits per heavy atom. The van der Waals surface area contributed by atoms with E-state index in [9.17, 15) is 22.9 Å². The van der Waals surface area contributed by atoms with E-state index in [4.69, 9.17) is 29.3 Å². The highest BCUT2D eigenvalue weighted by molar-refractivity contribution is 14.1. The molecule has 0 aliphatic carbocycles. The number of carbonyl (C=O) groups is 2. The zero-order valence-electron chi connectivity index (χ0n) is 19.6. The molecule has 37 heavy (non-hydrogen) atoms. The molecular weight excluding hydrogens is 636 g/mol. The number of ether oxygens (including phenoxy) is 3. The molecule has 0 radical (unpaired) electrons. The van der Waals surface area contributed by atoms with Gasteiger partial charge in [-0.15, -0.1) is 0 Å². The Morgan fingerprint density at radius 1 is 1.22 bits per heavy atom. The Labute approximate surface area is 224 Å². The highest BCUT2D eigenvalue weighted by Gasteiger charge is 2.27. The van der Waals surface area contributed by atoms with Crippen molar-refractivity contribution in [3.63, 3.8) is 0 Å². The van der Waals surface area contributed by atoms with Gasteiger partial charge in [0.2, 0.25) is 11.9 Å². The van der Waals surface area contributed by atoms with Crippen LogP contribution >= 0.6 is 30.7 Å². The first kappa shape index (κ1) is 30.8. The molecule has 17 heteroatoms. The topological polar surface area (TPSA) is 173 Å². The predicted octanol–water partition coefficient (Wildman–Crippen LogP) is 3.53. The summed E-state index contributed by atoms with van der Waals surface area (Å²) in [6.45, 7) is 0.300. The summed E-state index contributed by atoms with van der Waals surface area (Å²) in [5.41, 5.74) is -1.29. The quantitative estimate of drug-likeness (QED) is 0.0998. The van der Waals surface area contributed by atoms with Crippen LogP contribution in [0.25, 0.3) is 11.0 Å². The van der Waals surface area contributed by atoms with Crippen LogP contribution in [0.2, 0.25) is 0 Å². The number of phosphoric acid groups is 1. The van der Waals surface area contributed by atoms with Crippen molar-refractivity contribution in [1.82, 2.24) is 7.76 Å². The highest BCUT2D eigenvalue weighted by atomic mass is 127. The lowest BCUT2D eigenvalue weighted by atomic mass is 10.2. The number of halogens is 3. The van der Waals surface area contributed by atoms with Crippen LogP contribution in [0.1, 0.15) is 38.2 Å². The lowest BCUT2D eigenvalue weighted by Gasteiger charge is -2.20. The van der Waals surface area contributed by atoms with Gasteiger partial charge >= 0.3 is 14.0 Å². The molecule has 204 valence electrons. The van der Waals surface area contributed by atoms with Crippen LogP contribution in [-0.2, 0) is 28.1 Å². The number of amides is 1. The molecule has 2 aromatic rings. The third-order valence-corrected chi connectivity index (χ3v) is 6.09. The number of imidazole rings is 1. The first-order valence-electron chi connectivity index (χ1n) is 10.8. The number of unbranched alkanes of at least 4 members (excludes halogenated alkanes) is 2. The van der Waals surface area contributed by atoms with Crippen LogP contribution in [0, 0.1) is 23.0 Å². The van der Waals surface area contributed by atoms with Crippen LogP contribution in [0.4, 0.5) is 19.5 Å². The number of fused-ring (bicyclic) bond motifs is 1. The second-order valence-corrected chi connectivity index (χ2v) is 9.51. The van der Waals surface area contributed by atoms with Gasteiger partial charge in [-0.05, 0) is 12.5 Å². The molecule has 2 rings (SSSR count). The number of hydrogen-bond donors (Lipinski definition) is 2. The fourth-order valence-electron chi connectivity index (χ4n) is 2.94. The van der Waals surface area contributed by atoms with Crippen LogP contribution in [0.3, 0.4) is 0 Å². The number of hydrogen-bond acceptors (Lipinski definition) is 9. The molecule has 0 aliphatic heterocycles. The van der Waals surface area contributed by atoms with Gasteiger partial charge in [0.1, 0.15) is 23.7 Å². The fourth-order valence-corrected chi connectivity index (χ4v) is 4.06. The van der Waals surface area contributed by atoms with Crippen molar-refractivity contribution >= 4 is 59.7 Å². The first-order chi connectivity index (χ1) is 17.5. The van der Waals surface area contributed by atoms with Crippen molar-refractivity contribution in [3.8, 4) is 6.07 Å². The maximum absolute atomic E-state index is 14.7. The third-order valence-electron chi connectivity index (χ3n) is 4.65. The van der Waals surface area contributed by atoms with Crippen molar-refractivity contribution in [2.75, 3.05) is 38.1 Å². The number of phosphoric ester groups is 1. The smallest absolute Gasteiger partial charge is 0.432 e. The summed E-state index contributed by atoms with van der Waals surface area (Å²) >= 11 is 1.60. The Balaban J connectivity index is 2.08. The van der Waals surface area contributed by atoms with Crippen molar-refractivity contribution in [2.45, 2.75) is 32.6 Å². The molecule has 0 saturated carbocycles. The lowest BCUT2D eigenvalue weighted by molar-refractivity contribution is -0.119. The summed E-state index contributed by atoms with van der Waals surface area (Å²) in [5, 5.41) is 9.06. The predicted molar refractivity (Wildman–Crippen MR) is 132 cm³/mol. The number of anilines is 1. The summed E-state index contributed by atoms with van der Waals surface area (Å²) in [5.74, 6) is -2.72. The number of nitrogens with zero attached hydrogens (tertiary/aromatic N) is 4. The second kappa shape index (κ2) is 14.5. The number of benzene rings is 1. The highest BCUT2D eigenvalue weighted by Crippen LogP contribution is 2.35. The van der Waals surface area contributed by atoms with Crippen LogP contribution in [0.15, 0.2) is 6.07 Å². The number of rotatable bonds is 14. The Morgan fingerprint density at radius 2 is 1.92 bits per heavy atom. The van der Waals surface area contributed by atoms with Crippen LogP contribution in [-0.4, -0.2) is 62.8 Å². The Hall–Kier alpha value is -2.42. The van der Waals surface area contributed by atoms with Crippen LogP contribution < -0.4 is 4.90 Å². The van der Waals surface area contributed by atoms with Crippen molar-refractivity contribution < 1.29 is 51.5 Å². The van der Waals surface area contributed by atoms with Crippen molar-refractivity contribution in [1.29, 1.82) is 5.26 Å². The molecule has 0 aliphatic rings. The third kappa shape index (κ3) is 9.13. The van der Waals surface area contributed by atoms with E-state index in [0.29, 0.717) is 12.5 Å². The minimum atomic E-state index is -4.60. The van der Waals surface area contributed by atoms with Gasteiger partial charge in [-0.3, -0.25) is 9.32 Å². The Bertz CT molecular complexity index is 1200. The van der Waals surface area contributed by atoms with Gasteiger partial charge in [-0.2, -0.15) is 5.26 Å². The van der Waals surface area contributed by atoms with Crippen molar-refractivity contribution in [2.24, 2.45) is 0 Å². The van der Waals surface area contributed by atoms with E-state index >= 15 is 0 Å². The molecule has 0 unspecified atom stereocenters. The van der Waals surface area contributed by atoms with Gasteiger partial charge < -0.3 is 24.0 Å². The molecule has 1 heterocycles. The lowest BCUT2D eigenvalue weighted by Crippen LogP contribution is -2.35. The van der Waals surface area contributed by atoms with E-state index in [0.717, 1.165) is 20.5 Å². The van der Waals surface area contributed by atoms with E-state index in [-0.39, 0.29) is 44.3 Å². The number of aromatic nitrogens is 2. The number of nitriles is 1. The molecule has 1 aromatic heterocycles. The molecule has 1 aromatic carbocycles. The van der Waals surface area contributed by atoms with E-state index in [2.05, 4.69) is 9.51 Å². The van der Waals surface area contributed by atoms with E-state index in [1.54, 1.807) is 28.9 Å². The van der Waals surface area contributed by atoms with Gasteiger partial charge in [0.15, 0.2) is 18.4 Å². The van der Waals surface area contributed by atoms with E-state index in [1.165, 1.54) is 0 Å². The summed E-state index contributed by atoms with van der Waals surface area (Å²) in [7, 11) is -4.60. The number of carbonyl (C=O) groups excluding carboxylic acids is 2. The minimum Gasteiger partial charge on any atom is -0.432 e. The van der Waals surface area contributed by atoms with Gasteiger partial charge in [0.25, 0.3) is 0 Å². The SMILES string of the molecule is CCCCCC(=O)N(COC(=O)OCCOCCOP(=O)(O)O)c1nc2c(F)cc(C#N)c(F)c2n1I. The molecule has 1 amide bonds. The maximum atomic E-state index is 14.7. The zero-order valence-corrected chi connectivity index (χ0v) is 22.6. The summed E-state index contributed by atoms with van der Waals surface area (Å²) in [4.78, 5) is 46.9. The molecule has 2 N–H and O–H groups in total.